The van der Waals surface area contributed by atoms with Crippen LogP contribution in [0.2, 0.25) is 0 Å². The highest BCUT2D eigenvalue weighted by molar-refractivity contribution is 5.65. The summed E-state index contributed by atoms with van der Waals surface area (Å²) in [5.74, 6) is 1.82. The number of nitrogens with zero attached hydrogens (tertiary/aromatic N) is 2. The lowest BCUT2D eigenvalue weighted by Gasteiger charge is -2.06. The largest absolute Gasteiger partial charge is 0.394 e. The van der Waals surface area contributed by atoms with Crippen LogP contribution in [-0.2, 0) is 13.5 Å². The van der Waals surface area contributed by atoms with Crippen LogP contribution in [0.15, 0.2) is 0 Å². The standard InChI is InChI=1S/C11H20N4/c1-4-7-6-9(7)13-11-10(12)8(5-2)14-15(11)3/h7,9,13H,4-6,12H2,1-3H3. The number of aromatic nitrogens is 2. The lowest BCUT2D eigenvalue weighted by atomic mass is 10.3. The van der Waals surface area contributed by atoms with Crippen LogP contribution in [0.3, 0.4) is 0 Å². The third kappa shape index (κ3) is 1.80. The molecular formula is C11H20N4. The van der Waals surface area contributed by atoms with Crippen LogP contribution < -0.4 is 11.1 Å². The molecule has 15 heavy (non-hydrogen) atoms. The predicted molar refractivity (Wildman–Crippen MR) is 62.8 cm³/mol. The highest BCUT2D eigenvalue weighted by atomic mass is 15.3. The average Bonchev–Trinajstić information content (AvgIpc) is 2.93. The van der Waals surface area contributed by atoms with Crippen molar-refractivity contribution in [3.05, 3.63) is 5.69 Å². The van der Waals surface area contributed by atoms with Crippen molar-refractivity contribution >= 4 is 11.5 Å². The molecule has 0 aromatic carbocycles. The predicted octanol–water partition coefficient (Wildman–Crippen LogP) is 1.78. The Balaban J connectivity index is 2.11. The number of anilines is 2. The average molecular weight is 208 g/mol. The van der Waals surface area contributed by atoms with Crippen molar-refractivity contribution in [2.45, 2.75) is 39.2 Å². The number of nitrogen functional groups attached to an aromatic ring is 1. The first-order valence-electron chi connectivity index (χ1n) is 5.75. The maximum Gasteiger partial charge on any atom is 0.148 e. The summed E-state index contributed by atoms with van der Waals surface area (Å²) in [5, 5.41) is 7.87. The Labute approximate surface area is 90.8 Å². The van der Waals surface area contributed by atoms with Gasteiger partial charge in [-0.1, -0.05) is 20.3 Å². The molecule has 0 spiro atoms. The van der Waals surface area contributed by atoms with Crippen molar-refractivity contribution in [3.8, 4) is 0 Å². The molecule has 3 N–H and O–H groups in total. The van der Waals surface area contributed by atoms with Gasteiger partial charge in [-0.05, 0) is 18.8 Å². The monoisotopic (exact) mass is 208 g/mol. The summed E-state index contributed by atoms with van der Waals surface area (Å²) in [5.41, 5.74) is 7.85. The maximum atomic E-state index is 6.03. The van der Waals surface area contributed by atoms with Crippen LogP contribution >= 0.6 is 0 Å². The second-order valence-corrected chi connectivity index (χ2v) is 4.34. The quantitative estimate of drug-likeness (QED) is 0.793. The molecule has 0 amide bonds. The summed E-state index contributed by atoms with van der Waals surface area (Å²) in [6.07, 6.45) is 3.40. The number of aryl methyl sites for hydroxylation is 2. The van der Waals surface area contributed by atoms with Gasteiger partial charge in [-0.2, -0.15) is 5.10 Å². The molecule has 1 saturated carbocycles. The van der Waals surface area contributed by atoms with E-state index in [-0.39, 0.29) is 0 Å². The lowest BCUT2D eigenvalue weighted by Crippen LogP contribution is -2.10. The molecule has 1 heterocycles. The molecule has 4 nitrogen and oxygen atoms in total. The van der Waals surface area contributed by atoms with E-state index in [0.29, 0.717) is 6.04 Å². The highest BCUT2D eigenvalue weighted by Gasteiger charge is 2.36. The molecule has 2 atom stereocenters. The van der Waals surface area contributed by atoms with E-state index in [0.717, 1.165) is 29.5 Å². The molecule has 0 radical (unpaired) electrons. The first-order chi connectivity index (χ1) is 7.17. The van der Waals surface area contributed by atoms with E-state index in [1.165, 1.54) is 12.8 Å². The molecule has 0 saturated heterocycles. The summed E-state index contributed by atoms with van der Waals surface area (Å²) in [7, 11) is 1.95. The first kappa shape index (κ1) is 10.3. The SMILES string of the molecule is CCc1nn(C)c(NC2CC2CC)c1N. The van der Waals surface area contributed by atoms with E-state index in [2.05, 4.69) is 24.3 Å². The Bertz CT molecular complexity index is 356. The summed E-state index contributed by atoms with van der Waals surface area (Å²) in [4.78, 5) is 0. The van der Waals surface area contributed by atoms with Crippen LogP contribution in [0.1, 0.15) is 32.4 Å². The van der Waals surface area contributed by atoms with Gasteiger partial charge in [0.25, 0.3) is 0 Å². The molecule has 84 valence electrons. The molecule has 1 aromatic rings. The van der Waals surface area contributed by atoms with Crippen LogP contribution in [-0.4, -0.2) is 15.8 Å². The van der Waals surface area contributed by atoms with Crippen molar-refractivity contribution in [3.63, 3.8) is 0 Å². The van der Waals surface area contributed by atoms with E-state index in [1.807, 2.05) is 11.7 Å². The van der Waals surface area contributed by atoms with Crippen LogP contribution in [0.25, 0.3) is 0 Å². The number of rotatable bonds is 4. The van der Waals surface area contributed by atoms with Crippen molar-refractivity contribution in [2.75, 3.05) is 11.1 Å². The molecule has 2 rings (SSSR count). The molecular weight excluding hydrogens is 188 g/mol. The molecule has 0 bridgehead atoms. The Kier molecular flexibility index (Phi) is 2.59. The fourth-order valence-corrected chi connectivity index (χ4v) is 2.08. The fourth-order valence-electron chi connectivity index (χ4n) is 2.08. The molecule has 1 aliphatic carbocycles. The Morgan fingerprint density at radius 2 is 2.27 bits per heavy atom. The number of nitrogens with two attached hydrogens (primary N) is 1. The number of hydrogen-bond donors (Lipinski definition) is 2. The van der Waals surface area contributed by atoms with Gasteiger partial charge < -0.3 is 11.1 Å². The summed E-state index contributed by atoms with van der Waals surface area (Å²) in [6.45, 7) is 4.31. The van der Waals surface area contributed by atoms with Gasteiger partial charge in [-0.25, -0.2) is 0 Å². The number of hydrogen-bond acceptors (Lipinski definition) is 3. The summed E-state index contributed by atoms with van der Waals surface area (Å²) in [6, 6.07) is 0.609. The van der Waals surface area contributed by atoms with Crippen molar-refractivity contribution < 1.29 is 0 Å². The van der Waals surface area contributed by atoms with E-state index in [4.69, 9.17) is 5.73 Å². The second kappa shape index (κ2) is 3.76. The molecule has 4 heteroatoms. The smallest absolute Gasteiger partial charge is 0.148 e. The van der Waals surface area contributed by atoms with Crippen LogP contribution in [0.5, 0.6) is 0 Å². The Morgan fingerprint density at radius 3 is 2.73 bits per heavy atom. The van der Waals surface area contributed by atoms with Crippen LogP contribution in [0, 0.1) is 5.92 Å². The van der Waals surface area contributed by atoms with Gasteiger partial charge >= 0.3 is 0 Å². The summed E-state index contributed by atoms with van der Waals surface area (Å²) < 4.78 is 1.86. The zero-order chi connectivity index (χ0) is 11.0. The van der Waals surface area contributed by atoms with E-state index in [9.17, 15) is 0 Å². The summed E-state index contributed by atoms with van der Waals surface area (Å²) >= 11 is 0. The topological polar surface area (TPSA) is 55.9 Å². The zero-order valence-corrected chi connectivity index (χ0v) is 9.75. The minimum atomic E-state index is 0.609. The van der Waals surface area contributed by atoms with Gasteiger partial charge in [-0.3, -0.25) is 4.68 Å². The molecule has 1 aliphatic rings. The van der Waals surface area contributed by atoms with Gasteiger partial charge in [0.05, 0.1) is 11.4 Å². The van der Waals surface area contributed by atoms with Gasteiger partial charge in [0.1, 0.15) is 5.82 Å². The number of nitrogens with one attached hydrogen (secondary N) is 1. The highest BCUT2D eigenvalue weighted by Crippen LogP contribution is 2.37. The van der Waals surface area contributed by atoms with Gasteiger partial charge in [0, 0.05) is 13.1 Å². The normalized spacial score (nSPS) is 24.2. The Morgan fingerprint density at radius 1 is 1.53 bits per heavy atom. The van der Waals surface area contributed by atoms with Crippen molar-refractivity contribution in [2.24, 2.45) is 13.0 Å². The lowest BCUT2D eigenvalue weighted by molar-refractivity contribution is 0.734. The van der Waals surface area contributed by atoms with Crippen LogP contribution in [0.4, 0.5) is 11.5 Å². The third-order valence-corrected chi connectivity index (χ3v) is 3.26. The Hall–Kier alpha value is -1.19. The zero-order valence-electron chi connectivity index (χ0n) is 9.75. The fraction of sp³-hybridized carbons (Fsp3) is 0.727. The van der Waals surface area contributed by atoms with E-state index < -0.39 is 0 Å². The van der Waals surface area contributed by atoms with Gasteiger partial charge in [-0.15, -0.1) is 0 Å². The van der Waals surface area contributed by atoms with Gasteiger partial charge in [0.2, 0.25) is 0 Å². The van der Waals surface area contributed by atoms with E-state index in [1.54, 1.807) is 0 Å². The van der Waals surface area contributed by atoms with Gasteiger partial charge in [0.15, 0.2) is 0 Å². The second-order valence-electron chi connectivity index (χ2n) is 4.34. The molecule has 1 aromatic heterocycles. The minimum absolute atomic E-state index is 0.609. The minimum Gasteiger partial charge on any atom is -0.394 e. The molecule has 0 aliphatic heterocycles. The molecule has 1 fully saturated rings. The molecule has 2 unspecified atom stereocenters. The van der Waals surface area contributed by atoms with Crippen molar-refractivity contribution in [1.29, 1.82) is 0 Å². The first-order valence-corrected chi connectivity index (χ1v) is 5.75. The third-order valence-electron chi connectivity index (χ3n) is 3.26. The maximum absolute atomic E-state index is 6.03. The van der Waals surface area contributed by atoms with E-state index >= 15 is 0 Å². The van der Waals surface area contributed by atoms with Crippen molar-refractivity contribution in [1.82, 2.24) is 9.78 Å².